The van der Waals surface area contributed by atoms with Crippen molar-refractivity contribution in [3.63, 3.8) is 0 Å². The number of likely N-dealkylation sites (tertiary alicyclic amines) is 1. The molecule has 0 spiro atoms. The van der Waals surface area contributed by atoms with Crippen LogP contribution in [0.25, 0.3) is 0 Å². The second-order valence-electron chi connectivity index (χ2n) is 5.17. The van der Waals surface area contributed by atoms with Crippen LogP contribution in [-0.2, 0) is 0 Å². The van der Waals surface area contributed by atoms with Crippen LogP contribution in [0.1, 0.15) is 46.5 Å². The van der Waals surface area contributed by atoms with Crippen LogP contribution in [0.2, 0.25) is 0 Å². The van der Waals surface area contributed by atoms with Gasteiger partial charge >= 0.3 is 0 Å². The zero-order valence-corrected chi connectivity index (χ0v) is 10.8. The van der Waals surface area contributed by atoms with Crippen molar-refractivity contribution in [2.24, 2.45) is 5.92 Å². The predicted molar refractivity (Wildman–Crippen MR) is 67.2 cm³/mol. The van der Waals surface area contributed by atoms with Gasteiger partial charge in [0.15, 0.2) is 0 Å². The molecule has 0 aromatic rings. The largest absolute Gasteiger partial charge is 0.315 e. The Kier molecular flexibility index (Phi) is 6.26. The van der Waals surface area contributed by atoms with Crippen LogP contribution in [0.3, 0.4) is 0 Å². The summed E-state index contributed by atoms with van der Waals surface area (Å²) in [6, 6.07) is 0.872. The fourth-order valence-electron chi connectivity index (χ4n) is 2.39. The zero-order chi connectivity index (χ0) is 11.1. The molecular weight excluding hydrogens is 184 g/mol. The first-order valence-electron chi connectivity index (χ1n) is 6.68. The average Bonchev–Trinajstić information content (AvgIpc) is 2.64. The van der Waals surface area contributed by atoms with Gasteiger partial charge < -0.3 is 5.32 Å². The SMILES string of the molecule is CCC1CCCN1CCNCCC(C)C. The van der Waals surface area contributed by atoms with Crippen molar-refractivity contribution >= 4 is 0 Å². The van der Waals surface area contributed by atoms with E-state index in [4.69, 9.17) is 0 Å². The lowest BCUT2D eigenvalue weighted by atomic mass is 10.1. The Morgan fingerprint density at radius 2 is 2.13 bits per heavy atom. The van der Waals surface area contributed by atoms with Crippen LogP contribution in [0.5, 0.6) is 0 Å². The van der Waals surface area contributed by atoms with E-state index in [2.05, 4.69) is 31.0 Å². The van der Waals surface area contributed by atoms with Crippen LogP contribution >= 0.6 is 0 Å². The lowest BCUT2D eigenvalue weighted by molar-refractivity contribution is 0.248. The average molecular weight is 212 g/mol. The van der Waals surface area contributed by atoms with Crippen LogP contribution in [0.15, 0.2) is 0 Å². The number of hydrogen-bond donors (Lipinski definition) is 1. The van der Waals surface area contributed by atoms with Gasteiger partial charge in [-0.05, 0) is 44.7 Å². The summed E-state index contributed by atoms with van der Waals surface area (Å²) in [5, 5.41) is 3.55. The van der Waals surface area contributed by atoms with Crippen LogP contribution in [0, 0.1) is 5.92 Å². The lowest BCUT2D eigenvalue weighted by Crippen LogP contribution is -2.35. The monoisotopic (exact) mass is 212 g/mol. The summed E-state index contributed by atoms with van der Waals surface area (Å²) in [5.74, 6) is 0.827. The third-order valence-electron chi connectivity index (χ3n) is 3.44. The lowest BCUT2D eigenvalue weighted by Gasteiger charge is -2.23. The summed E-state index contributed by atoms with van der Waals surface area (Å²) >= 11 is 0. The minimum Gasteiger partial charge on any atom is -0.315 e. The van der Waals surface area contributed by atoms with E-state index < -0.39 is 0 Å². The smallest absolute Gasteiger partial charge is 0.0110 e. The molecule has 1 N–H and O–H groups in total. The Hall–Kier alpha value is -0.0800. The molecule has 2 nitrogen and oxygen atoms in total. The summed E-state index contributed by atoms with van der Waals surface area (Å²) in [5.41, 5.74) is 0. The van der Waals surface area contributed by atoms with Crippen molar-refractivity contribution in [3.8, 4) is 0 Å². The highest BCUT2D eigenvalue weighted by Gasteiger charge is 2.21. The Balaban J connectivity index is 1.99. The third kappa shape index (κ3) is 4.98. The van der Waals surface area contributed by atoms with E-state index in [1.54, 1.807) is 0 Å². The molecule has 1 aliphatic heterocycles. The summed E-state index contributed by atoms with van der Waals surface area (Å²) in [7, 11) is 0. The molecule has 1 heterocycles. The van der Waals surface area contributed by atoms with Gasteiger partial charge in [0.25, 0.3) is 0 Å². The maximum Gasteiger partial charge on any atom is 0.0110 e. The highest BCUT2D eigenvalue weighted by Crippen LogP contribution is 2.18. The van der Waals surface area contributed by atoms with Crippen LogP contribution in [-0.4, -0.2) is 37.1 Å². The number of nitrogens with one attached hydrogen (secondary N) is 1. The van der Waals surface area contributed by atoms with Gasteiger partial charge in [-0.1, -0.05) is 20.8 Å². The first-order valence-corrected chi connectivity index (χ1v) is 6.68. The summed E-state index contributed by atoms with van der Waals surface area (Å²) in [6.45, 7) is 11.8. The van der Waals surface area contributed by atoms with Gasteiger partial charge in [-0.15, -0.1) is 0 Å². The summed E-state index contributed by atoms with van der Waals surface area (Å²) < 4.78 is 0. The molecule has 0 radical (unpaired) electrons. The minimum absolute atomic E-state index is 0.827. The molecule has 1 aliphatic rings. The fraction of sp³-hybridized carbons (Fsp3) is 1.00. The van der Waals surface area contributed by atoms with Gasteiger partial charge in [-0.3, -0.25) is 4.90 Å². The maximum atomic E-state index is 3.55. The zero-order valence-electron chi connectivity index (χ0n) is 10.8. The van der Waals surface area contributed by atoms with Crippen molar-refractivity contribution in [3.05, 3.63) is 0 Å². The third-order valence-corrected chi connectivity index (χ3v) is 3.44. The molecule has 90 valence electrons. The van der Waals surface area contributed by atoms with Gasteiger partial charge in [0.2, 0.25) is 0 Å². The van der Waals surface area contributed by atoms with Crippen molar-refractivity contribution < 1.29 is 0 Å². The molecule has 0 aromatic heterocycles. The van der Waals surface area contributed by atoms with Gasteiger partial charge in [-0.2, -0.15) is 0 Å². The van der Waals surface area contributed by atoms with E-state index in [0.29, 0.717) is 0 Å². The van der Waals surface area contributed by atoms with Crippen molar-refractivity contribution in [1.29, 1.82) is 0 Å². The molecule has 0 bridgehead atoms. The molecular formula is C13H28N2. The molecule has 0 amide bonds. The minimum atomic E-state index is 0.827. The van der Waals surface area contributed by atoms with Gasteiger partial charge in [0.1, 0.15) is 0 Å². The van der Waals surface area contributed by atoms with Crippen LogP contribution < -0.4 is 5.32 Å². The van der Waals surface area contributed by atoms with Gasteiger partial charge in [0, 0.05) is 19.1 Å². The highest BCUT2D eigenvalue weighted by molar-refractivity contribution is 4.78. The molecule has 1 rings (SSSR count). The molecule has 2 heteroatoms. The van der Waals surface area contributed by atoms with Gasteiger partial charge in [-0.25, -0.2) is 0 Å². The normalized spacial score (nSPS) is 22.8. The number of rotatable bonds is 7. The van der Waals surface area contributed by atoms with Crippen molar-refractivity contribution in [2.45, 2.75) is 52.5 Å². The molecule has 0 aliphatic carbocycles. The molecule has 1 fully saturated rings. The fourth-order valence-corrected chi connectivity index (χ4v) is 2.39. The molecule has 1 unspecified atom stereocenters. The Morgan fingerprint density at radius 3 is 2.80 bits per heavy atom. The predicted octanol–water partition coefficient (Wildman–Crippen LogP) is 2.50. The standard InChI is InChI=1S/C13H28N2/c1-4-13-6-5-10-15(13)11-9-14-8-7-12(2)3/h12-14H,4-11H2,1-3H3. The van der Waals surface area contributed by atoms with E-state index in [1.807, 2.05) is 0 Å². The second kappa shape index (κ2) is 7.24. The molecule has 1 atom stereocenters. The van der Waals surface area contributed by atoms with E-state index in [0.717, 1.165) is 12.0 Å². The van der Waals surface area contributed by atoms with E-state index in [1.165, 1.54) is 51.9 Å². The van der Waals surface area contributed by atoms with E-state index in [9.17, 15) is 0 Å². The first kappa shape index (κ1) is 13.0. The Bertz CT molecular complexity index is 157. The van der Waals surface area contributed by atoms with Crippen molar-refractivity contribution in [1.82, 2.24) is 10.2 Å². The van der Waals surface area contributed by atoms with E-state index >= 15 is 0 Å². The van der Waals surface area contributed by atoms with Crippen molar-refractivity contribution in [2.75, 3.05) is 26.2 Å². The molecule has 15 heavy (non-hydrogen) atoms. The second-order valence-corrected chi connectivity index (χ2v) is 5.17. The quantitative estimate of drug-likeness (QED) is 0.652. The summed E-state index contributed by atoms with van der Waals surface area (Å²) in [4.78, 5) is 2.66. The Labute approximate surface area is 95.4 Å². The highest BCUT2D eigenvalue weighted by atomic mass is 15.2. The summed E-state index contributed by atoms with van der Waals surface area (Å²) in [6.07, 6.45) is 5.45. The molecule has 0 aromatic carbocycles. The Morgan fingerprint density at radius 1 is 1.33 bits per heavy atom. The molecule has 1 saturated heterocycles. The first-order chi connectivity index (χ1) is 7.24. The van der Waals surface area contributed by atoms with Crippen LogP contribution in [0.4, 0.5) is 0 Å². The van der Waals surface area contributed by atoms with Gasteiger partial charge in [0.05, 0.1) is 0 Å². The topological polar surface area (TPSA) is 15.3 Å². The number of hydrogen-bond acceptors (Lipinski definition) is 2. The molecule has 0 saturated carbocycles. The van der Waals surface area contributed by atoms with E-state index in [-0.39, 0.29) is 0 Å². The number of nitrogens with zero attached hydrogens (tertiary/aromatic N) is 1. The maximum absolute atomic E-state index is 3.55.